The molecule has 2 fully saturated rings. The van der Waals surface area contributed by atoms with Crippen molar-refractivity contribution in [1.82, 2.24) is 5.32 Å². The molecule has 0 aliphatic carbocycles. The van der Waals surface area contributed by atoms with Gasteiger partial charge in [-0.2, -0.15) is 11.8 Å². The van der Waals surface area contributed by atoms with Crippen LogP contribution in [-0.4, -0.2) is 31.3 Å². The highest BCUT2D eigenvalue weighted by Gasteiger charge is 2.23. The summed E-state index contributed by atoms with van der Waals surface area (Å²) in [6.07, 6.45) is 5.15. The van der Waals surface area contributed by atoms with Crippen molar-refractivity contribution >= 4 is 11.8 Å². The van der Waals surface area contributed by atoms with Crippen molar-refractivity contribution in [3.8, 4) is 11.5 Å². The molecule has 0 spiro atoms. The van der Waals surface area contributed by atoms with E-state index in [1.54, 1.807) is 7.11 Å². The van der Waals surface area contributed by atoms with Gasteiger partial charge in [-0.25, -0.2) is 0 Å². The third kappa shape index (κ3) is 3.07. The van der Waals surface area contributed by atoms with Gasteiger partial charge in [0, 0.05) is 17.4 Å². The lowest BCUT2D eigenvalue weighted by Gasteiger charge is -2.25. The van der Waals surface area contributed by atoms with Crippen LogP contribution in [0.25, 0.3) is 0 Å². The van der Waals surface area contributed by atoms with Crippen molar-refractivity contribution in [1.29, 1.82) is 0 Å². The fraction of sp³-hybridized carbons (Fsp3) is 0.625. The van der Waals surface area contributed by atoms with Gasteiger partial charge in [0.25, 0.3) is 0 Å². The Morgan fingerprint density at radius 1 is 1.25 bits per heavy atom. The molecule has 0 amide bonds. The van der Waals surface area contributed by atoms with E-state index in [2.05, 4.69) is 17.4 Å². The molecule has 2 aliphatic rings. The van der Waals surface area contributed by atoms with E-state index < -0.39 is 0 Å². The number of thioether (sulfide) groups is 1. The number of rotatable bonds is 4. The standard InChI is InChI=1S/C16H23NO2S/c1-18-16-13(14-7-3-9-17-14)6-2-8-15(16)19-12-5-4-10-20-11-12/h2,6,8,12,14,17H,3-5,7,9-11H2,1H3. The van der Waals surface area contributed by atoms with Gasteiger partial charge in [0.2, 0.25) is 0 Å². The predicted octanol–water partition coefficient (Wildman–Crippen LogP) is 3.39. The number of hydrogen-bond donors (Lipinski definition) is 1. The molecule has 2 saturated heterocycles. The molecule has 4 heteroatoms. The molecule has 20 heavy (non-hydrogen) atoms. The minimum atomic E-state index is 0.328. The molecule has 2 aliphatic heterocycles. The van der Waals surface area contributed by atoms with E-state index in [1.165, 1.54) is 30.6 Å². The quantitative estimate of drug-likeness (QED) is 0.922. The highest BCUT2D eigenvalue weighted by molar-refractivity contribution is 7.99. The zero-order valence-electron chi connectivity index (χ0n) is 12.1. The molecule has 0 aromatic heterocycles. The molecule has 0 bridgehead atoms. The predicted molar refractivity (Wildman–Crippen MR) is 83.9 cm³/mol. The molecule has 3 nitrogen and oxygen atoms in total. The largest absolute Gasteiger partial charge is 0.493 e. The lowest BCUT2D eigenvalue weighted by Crippen LogP contribution is -2.24. The zero-order chi connectivity index (χ0) is 13.8. The molecule has 1 aromatic carbocycles. The van der Waals surface area contributed by atoms with Gasteiger partial charge in [-0.15, -0.1) is 0 Å². The first kappa shape index (κ1) is 14.1. The highest BCUT2D eigenvalue weighted by atomic mass is 32.2. The molecule has 2 atom stereocenters. The molecule has 110 valence electrons. The molecule has 2 unspecified atom stereocenters. The number of nitrogens with one attached hydrogen (secondary N) is 1. The molecule has 0 saturated carbocycles. The Bertz CT molecular complexity index is 440. The van der Waals surface area contributed by atoms with Gasteiger partial charge in [-0.05, 0) is 44.0 Å². The summed E-state index contributed by atoms with van der Waals surface area (Å²) in [4.78, 5) is 0. The van der Waals surface area contributed by atoms with Gasteiger partial charge in [0.1, 0.15) is 6.10 Å². The second kappa shape index (κ2) is 6.72. The first-order valence-electron chi connectivity index (χ1n) is 7.53. The van der Waals surface area contributed by atoms with Crippen LogP contribution in [-0.2, 0) is 0 Å². The van der Waals surface area contributed by atoms with E-state index in [-0.39, 0.29) is 0 Å². The second-order valence-corrected chi connectivity index (χ2v) is 6.63. The van der Waals surface area contributed by atoms with Crippen LogP contribution in [0.5, 0.6) is 11.5 Å². The molecule has 1 aromatic rings. The summed E-state index contributed by atoms with van der Waals surface area (Å²) in [5.41, 5.74) is 1.24. The van der Waals surface area contributed by atoms with Crippen LogP contribution < -0.4 is 14.8 Å². The van der Waals surface area contributed by atoms with Crippen LogP contribution in [0, 0.1) is 0 Å². The van der Waals surface area contributed by atoms with E-state index in [4.69, 9.17) is 9.47 Å². The normalized spacial score (nSPS) is 26.4. The van der Waals surface area contributed by atoms with Crippen molar-refractivity contribution in [2.75, 3.05) is 25.2 Å². The SMILES string of the molecule is COc1c(OC2CCCSC2)cccc1C1CCCN1. The van der Waals surface area contributed by atoms with Gasteiger partial charge in [-0.1, -0.05) is 12.1 Å². The van der Waals surface area contributed by atoms with Crippen molar-refractivity contribution < 1.29 is 9.47 Å². The monoisotopic (exact) mass is 293 g/mol. The van der Waals surface area contributed by atoms with Gasteiger partial charge >= 0.3 is 0 Å². The van der Waals surface area contributed by atoms with Crippen LogP contribution >= 0.6 is 11.8 Å². The first-order chi connectivity index (χ1) is 9.88. The van der Waals surface area contributed by atoms with Gasteiger partial charge in [0.15, 0.2) is 11.5 Å². The summed E-state index contributed by atoms with van der Waals surface area (Å²) < 4.78 is 11.9. The topological polar surface area (TPSA) is 30.5 Å². The Labute approximate surface area is 125 Å². The highest BCUT2D eigenvalue weighted by Crippen LogP contribution is 2.38. The molecular formula is C16H23NO2S. The van der Waals surface area contributed by atoms with Crippen LogP contribution in [0.4, 0.5) is 0 Å². The third-order valence-corrected chi connectivity index (χ3v) is 5.25. The van der Waals surface area contributed by atoms with Crippen molar-refractivity contribution in [3.05, 3.63) is 23.8 Å². The average Bonchev–Trinajstić information content (AvgIpc) is 3.02. The second-order valence-electron chi connectivity index (χ2n) is 5.48. The van der Waals surface area contributed by atoms with Crippen LogP contribution in [0.2, 0.25) is 0 Å². The van der Waals surface area contributed by atoms with E-state index in [0.717, 1.165) is 30.2 Å². The maximum atomic E-state index is 6.20. The van der Waals surface area contributed by atoms with Crippen LogP contribution in [0.1, 0.15) is 37.3 Å². The summed E-state index contributed by atoms with van der Waals surface area (Å²) in [6, 6.07) is 6.69. The zero-order valence-corrected chi connectivity index (χ0v) is 12.9. The minimum absolute atomic E-state index is 0.328. The van der Waals surface area contributed by atoms with E-state index in [0.29, 0.717) is 12.1 Å². The van der Waals surface area contributed by atoms with Gasteiger partial charge in [-0.3, -0.25) is 0 Å². The summed E-state index contributed by atoms with van der Waals surface area (Å²) >= 11 is 1.99. The Kier molecular flexibility index (Phi) is 4.73. The fourth-order valence-corrected chi connectivity index (χ4v) is 4.09. The molecule has 3 rings (SSSR count). The smallest absolute Gasteiger partial charge is 0.165 e. The number of hydrogen-bond acceptors (Lipinski definition) is 4. The fourth-order valence-electron chi connectivity index (χ4n) is 3.05. The Balaban J connectivity index is 1.80. The number of benzene rings is 1. The molecule has 1 N–H and O–H groups in total. The minimum Gasteiger partial charge on any atom is -0.493 e. The van der Waals surface area contributed by atoms with E-state index >= 15 is 0 Å². The summed E-state index contributed by atoms with van der Waals surface area (Å²) in [7, 11) is 1.75. The van der Waals surface area contributed by atoms with Crippen LogP contribution in [0.3, 0.4) is 0 Å². The van der Waals surface area contributed by atoms with E-state index in [9.17, 15) is 0 Å². The Morgan fingerprint density at radius 3 is 2.90 bits per heavy atom. The lowest BCUT2D eigenvalue weighted by molar-refractivity contribution is 0.201. The molecular weight excluding hydrogens is 270 g/mol. The van der Waals surface area contributed by atoms with Crippen LogP contribution in [0.15, 0.2) is 18.2 Å². The number of methoxy groups -OCH3 is 1. The maximum Gasteiger partial charge on any atom is 0.165 e. The number of ether oxygens (including phenoxy) is 2. The van der Waals surface area contributed by atoms with E-state index in [1.807, 2.05) is 17.8 Å². The average molecular weight is 293 g/mol. The Hall–Kier alpha value is -0.870. The van der Waals surface area contributed by atoms with Gasteiger partial charge in [0.05, 0.1) is 7.11 Å². The van der Waals surface area contributed by atoms with Crippen molar-refractivity contribution in [2.45, 2.75) is 37.8 Å². The molecule has 0 radical (unpaired) electrons. The summed E-state index contributed by atoms with van der Waals surface area (Å²) in [6.45, 7) is 1.10. The Morgan fingerprint density at radius 2 is 2.20 bits per heavy atom. The first-order valence-corrected chi connectivity index (χ1v) is 8.68. The van der Waals surface area contributed by atoms with Crippen molar-refractivity contribution in [3.63, 3.8) is 0 Å². The third-order valence-electron chi connectivity index (χ3n) is 4.06. The van der Waals surface area contributed by atoms with Crippen molar-refractivity contribution in [2.24, 2.45) is 0 Å². The summed E-state index contributed by atoms with van der Waals surface area (Å²) in [5, 5.41) is 3.54. The molecule has 2 heterocycles. The number of para-hydroxylation sites is 1. The van der Waals surface area contributed by atoms with Gasteiger partial charge < -0.3 is 14.8 Å². The maximum absolute atomic E-state index is 6.20. The lowest BCUT2D eigenvalue weighted by atomic mass is 10.0. The summed E-state index contributed by atoms with van der Waals surface area (Å²) in [5.74, 6) is 4.19.